The minimum Gasteiger partial charge on any atom is -0.397 e. The Hall–Kier alpha value is -1.25. The van der Waals surface area contributed by atoms with E-state index in [-0.39, 0.29) is 0 Å². The Morgan fingerprint density at radius 3 is 2.53 bits per heavy atom. The number of rotatable bonds is 3. The second-order valence-corrected chi connectivity index (χ2v) is 5.14. The van der Waals surface area contributed by atoms with Crippen LogP contribution in [0.1, 0.15) is 39.0 Å². The third-order valence-corrected chi connectivity index (χ3v) is 4.07. The summed E-state index contributed by atoms with van der Waals surface area (Å²) in [5.41, 5.74) is 6.39. The number of aromatic nitrogens is 1. The van der Waals surface area contributed by atoms with Crippen LogP contribution in [0.2, 0.25) is 0 Å². The molecule has 1 aliphatic carbocycles. The first-order valence-corrected chi connectivity index (χ1v) is 6.65. The molecule has 1 heterocycles. The fourth-order valence-corrected chi connectivity index (χ4v) is 2.73. The minimum atomic E-state index is 0.647. The van der Waals surface area contributed by atoms with Crippen molar-refractivity contribution in [3.63, 3.8) is 0 Å². The monoisotopic (exact) mass is 233 g/mol. The van der Waals surface area contributed by atoms with Gasteiger partial charge in [-0.3, -0.25) is 0 Å². The maximum absolute atomic E-state index is 5.66. The summed E-state index contributed by atoms with van der Waals surface area (Å²) in [6.45, 7) is 2.30. The van der Waals surface area contributed by atoms with Gasteiger partial charge in [-0.25, -0.2) is 4.98 Å². The van der Waals surface area contributed by atoms with E-state index in [1.165, 1.54) is 32.1 Å². The van der Waals surface area contributed by atoms with Gasteiger partial charge in [-0.1, -0.05) is 13.3 Å². The van der Waals surface area contributed by atoms with Gasteiger partial charge < -0.3 is 10.6 Å². The molecule has 1 saturated carbocycles. The molecule has 0 saturated heterocycles. The Balaban J connectivity index is 1.96. The fraction of sp³-hybridized carbons (Fsp3) is 0.643. The molecule has 0 amide bonds. The molecule has 0 spiro atoms. The Morgan fingerprint density at radius 1 is 1.29 bits per heavy atom. The molecule has 3 nitrogen and oxygen atoms in total. The van der Waals surface area contributed by atoms with Gasteiger partial charge in [-0.05, 0) is 43.7 Å². The van der Waals surface area contributed by atoms with Crippen LogP contribution in [-0.2, 0) is 0 Å². The lowest BCUT2D eigenvalue weighted by molar-refractivity contribution is 0.313. The van der Waals surface area contributed by atoms with Gasteiger partial charge in [0.2, 0.25) is 0 Å². The highest BCUT2D eigenvalue weighted by Gasteiger charge is 2.23. The van der Waals surface area contributed by atoms with Crippen molar-refractivity contribution in [2.75, 3.05) is 17.7 Å². The largest absolute Gasteiger partial charge is 0.397 e. The van der Waals surface area contributed by atoms with Crippen molar-refractivity contribution in [1.29, 1.82) is 0 Å². The second-order valence-electron chi connectivity index (χ2n) is 5.14. The summed E-state index contributed by atoms with van der Waals surface area (Å²) >= 11 is 0. The predicted molar refractivity (Wildman–Crippen MR) is 73.1 cm³/mol. The van der Waals surface area contributed by atoms with E-state index in [0.717, 1.165) is 17.4 Å². The topological polar surface area (TPSA) is 42.1 Å². The number of pyridine rings is 1. The minimum absolute atomic E-state index is 0.647. The molecule has 0 aliphatic heterocycles. The number of nitrogen functional groups attached to an aromatic ring is 1. The lowest BCUT2D eigenvalue weighted by atomic mass is 9.84. The molecule has 2 N–H and O–H groups in total. The van der Waals surface area contributed by atoms with Crippen LogP contribution < -0.4 is 10.6 Å². The van der Waals surface area contributed by atoms with Crippen LogP contribution >= 0.6 is 0 Å². The van der Waals surface area contributed by atoms with Gasteiger partial charge in [0.1, 0.15) is 5.82 Å². The average molecular weight is 233 g/mol. The van der Waals surface area contributed by atoms with Crippen LogP contribution in [0.5, 0.6) is 0 Å². The van der Waals surface area contributed by atoms with Crippen LogP contribution in [0.3, 0.4) is 0 Å². The Bertz CT molecular complexity index is 339. The van der Waals surface area contributed by atoms with Gasteiger partial charge in [-0.2, -0.15) is 0 Å². The highest BCUT2D eigenvalue weighted by molar-refractivity contribution is 5.45. The predicted octanol–water partition coefficient (Wildman–Crippen LogP) is 3.07. The lowest BCUT2D eigenvalue weighted by Crippen LogP contribution is -2.35. The fourth-order valence-electron chi connectivity index (χ4n) is 2.73. The third-order valence-electron chi connectivity index (χ3n) is 4.07. The third kappa shape index (κ3) is 2.90. The maximum Gasteiger partial charge on any atom is 0.128 e. The van der Waals surface area contributed by atoms with E-state index in [9.17, 15) is 0 Å². The van der Waals surface area contributed by atoms with Crippen LogP contribution in [0.15, 0.2) is 18.3 Å². The smallest absolute Gasteiger partial charge is 0.128 e. The van der Waals surface area contributed by atoms with E-state index in [0.29, 0.717) is 6.04 Å². The zero-order valence-corrected chi connectivity index (χ0v) is 10.9. The number of hydrogen-bond acceptors (Lipinski definition) is 3. The van der Waals surface area contributed by atoms with Crippen molar-refractivity contribution in [3.8, 4) is 0 Å². The Labute approximate surface area is 104 Å². The van der Waals surface area contributed by atoms with Crippen molar-refractivity contribution in [3.05, 3.63) is 18.3 Å². The molecule has 94 valence electrons. The summed E-state index contributed by atoms with van der Waals surface area (Å²) < 4.78 is 0. The Kier molecular flexibility index (Phi) is 3.87. The van der Waals surface area contributed by atoms with Crippen LogP contribution in [0, 0.1) is 5.92 Å². The van der Waals surface area contributed by atoms with E-state index in [1.54, 1.807) is 6.20 Å². The van der Waals surface area contributed by atoms with Gasteiger partial charge in [0, 0.05) is 13.1 Å². The quantitative estimate of drug-likeness (QED) is 0.872. The van der Waals surface area contributed by atoms with Crippen molar-refractivity contribution in [1.82, 2.24) is 4.98 Å². The molecule has 2 rings (SSSR count). The van der Waals surface area contributed by atoms with Crippen molar-refractivity contribution < 1.29 is 0 Å². The van der Waals surface area contributed by atoms with Crippen molar-refractivity contribution in [2.45, 2.75) is 45.1 Å². The average Bonchev–Trinajstić information content (AvgIpc) is 2.39. The second kappa shape index (κ2) is 5.39. The SMILES string of the molecule is CCC1CCC(N(C)c2ccc(N)cn2)CC1. The zero-order chi connectivity index (χ0) is 12.3. The van der Waals surface area contributed by atoms with Gasteiger partial charge in [0.25, 0.3) is 0 Å². The highest BCUT2D eigenvalue weighted by Crippen LogP contribution is 2.30. The first-order chi connectivity index (χ1) is 8.20. The number of anilines is 2. The first kappa shape index (κ1) is 12.2. The highest BCUT2D eigenvalue weighted by atomic mass is 15.2. The van der Waals surface area contributed by atoms with Crippen LogP contribution in [0.25, 0.3) is 0 Å². The number of hydrogen-bond donors (Lipinski definition) is 1. The molecule has 1 fully saturated rings. The number of nitrogens with two attached hydrogens (primary N) is 1. The number of nitrogens with zero attached hydrogens (tertiary/aromatic N) is 2. The van der Waals surface area contributed by atoms with E-state index in [1.807, 2.05) is 12.1 Å². The van der Waals surface area contributed by atoms with E-state index in [4.69, 9.17) is 5.73 Å². The molecule has 1 aliphatic rings. The summed E-state index contributed by atoms with van der Waals surface area (Å²) in [6.07, 6.45) is 8.38. The molecule has 0 unspecified atom stereocenters. The molecule has 0 aromatic carbocycles. The Morgan fingerprint density at radius 2 is 2.00 bits per heavy atom. The molecule has 1 aromatic rings. The van der Waals surface area contributed by atoms with Gasteiger partial charge in [0.15, 0.2) is 0 Å². The van der Waals surface area contributed by atoms with Crippen LogP contribution in [-0.4, -0.2) is 18.1 Å². The molecule has 1 aromatic heterocycles. The van der Waals surface area contributed by atoms with Crippen molar-refractivity contribution >= 4 is 11.5 Å². The van der Waals surface area contributed by atoms with Crippen LogP contribution in [0.4, 0.5) is 11.5 Å². The molecule has 0 atom stereocenters. The van der Waals surface area contributed by atoms with E-state index < -0.39 is 0 Å². The van der Waals surface area contributed by atoms with Gasteiger partial charge in [0.05, 0.1) is 11.9 Å². The lowest BCUT2D eigenvalue weighted by Gasteiger charge is -2.35. The van der Waals surface area contributed by atoms with Crippen molar-refractivity contribution in [2.24, 2.45) is 5.92 Å². The summed E-state index contributed by atoms with van der Waals surface area (Å²) in [5.74, 6) is 1.98. The standard InChI is InChI=1S/C14H23N3/c1-3-11-4-7-13(8-5-11)17(2)14-9-6-12(15)10-16-14/h6,9-11,13H,3-5,7-8,15H2,1-2H3. The molecule has 17 heavy (non-hydrogen) atoms. The molecular weight excluding hydrogens is 210 g/mol. The zero-order valence-electron chi connectivity index (χ0n) is 10.9. The summed E-state index contributed by atoms with van der Waals surface area (Å²) in [7, 11) is 2.15. The maximum atomic E-state index is 5.66. The first-order valence-electron chi connectivity index (χ1n) is 6.65. The van der Waals surface area contributed by atoms with E-state index in [2.05, 4.69) is 23.9 Å². The van der Waals surface area contributed by atoms with Gasteiger partial charge >= 0.3 is 0 Å². The molecule has 0 radical (unpaired) electrons. The summed E-state index contributed by atoms with van der Waals surface area (Å²) in [5, 5.41) is 0. The molecule has 0 bridgehead atoms. The normalized spacial score (nSPS) is 24.6. The summed E-state index contributed by atoms with van der Waals surface area (Å²) in [4.78, 5) is 6.70. The molecular formula is C14H23N3. The summed E-state index contributed by atoms with van der Waals surface area (Å²) in [6, 6.07) is 4.59. The van der Waals surface area contributed by atoms with Gasteiger partial charge in [-0.15, -0.1) is 0 Å². The molecule has 3 heteroatoms. The van der Waals surface area contributed by atoms with E-state index >= 15 is 0 Å².